The van der Waals surface area contributed by atoms with E-state index in [2.05, 4.69) is 15.9 Å². The van der Waals surface area contributed by atoms with Crippen molar-refractivity contribution in [1.82, 2.24) is 0 Å². The minimum absolute atomic E-state index is 0.0540. The minimum Gasteiger partial charge on any atom is -0.506 e. The first kappa shape index (κ1) is 13.0. The number of aromatic carboxylic acids is 1. The standard InChI is InChI=1S/C10H12BrNO4/c11-6-2-1-5(10(15)16)8(9(6)14)7(12)3-4-13/h1-2,7,13-14H,3-4,12H2,(H,15,16)/t7-/m0/s1. The topological polar surface area (TPSA) is 104 Å². The van der Waals surface area contributed by atoms with Gasteiger partial charge < -0.3 is 21.1 Å². The molecule has 0 aliphatic carbocycles. The van der Waals surface area contributed by atoms with Crippen LogP contribution in [0.25, 0.3) is 0 Å². The van der Waals surface area contributed by atoms with Gasteiger partial charge in [-0.15, -0.1) is 0 Å². The normalized spacial score (nSPS) is 12.4. The van der Waals surface area contributed by atoms with Crippen LogP contribution in [-0.4, -0.2) is 27.9 Å². The molecular weight excluding hydrogens is 278 g/mol. The maximum Gasteiger partial charge on any atom is 0.336 e. The molecule has 0 saturated carbocycles. The van der Waals surface area contributed by atoms with Crippen molar-refractivity contribution in [1.29, 1.82) is 0 Å². The number of carboxylic acids is 1. The Kier molecular flexibility index (Phi) is 4.28. The molecule has 1 aromatic carbocycles. The van der Waals surface area contributed by atoms with Gasteiger partial charge in [-0.2, -0.15) is 0 Å². The molecule has 1 atom stereocenters. The predicted octanol–water partition coefficient (Wildman–Crippen LogP) is 1.24. The van der Waals surface area contributed by atoms with Gasteiger partial charge in [-0.3, -0.25) is 0 Å². The summed E-state index contributed by atoms with van der Waals surface area (Å²) in [6, 6.07) is 2.08. The fraction of sp³-hybridized carbons (Fsp3) is 0.300. The van der Waals surface area contributed by atoms with Gasteiger partial charge in [-0.25, -0.2) is 4.79 Å². The molecule has 0 amide bonds. The van der Waals surface area contributed by atoms with Crippen molar-refractivity contribution in [3.05, 3.63) is 27.7 Å². The molecule has 5 N–H and O–H groups in total. The first-order chi connectivity index (χ1) is 7.49. The molecule has 1 rings (SSSR count). The van der Waals surface area contributed by atoms with E-state index in [9.17, 15) is 9.90 Å². The Balaban J connectivity index is 3.31. The number of aliphatic hydroxyl groups is 1. The Morgan fingerprint density at radius 3 is 2.62 bits per heavy atom. The monoisotopic (exact) mass is 289 g/mol. The minimum atomic E-state index is -1.16. The zero-order valence-corrected chi connectivity index (χ0v) is 9.94. The maximum atomic E-state index is 10.9. The van der Waals surface area contributed by atoms with Crippen molar-refractivity contribution in [3.63, 3.8) is 0 Å². The van der Waals surface area contributed by atoms with Crippen molar-refractivity contribution >= 4 is 21.9 Å². The third kappa shape index (κ3) is 2.52. The van der Waals surface area contributed by atoms with E-state index in [1.54, 1.807) is 0 Å². The SMILES string of the molecule is N[C@@H](CCO)c1c(C(=O)O)ccc(Br)c1O. The molecule has 0 radical (unpaired) electrons. The summed E-state index contributed by atoms with van der Waals surface area (Å²) in [5.74, 6) is -1.35. The van der Waals surface area contributed by atoms with Crippen LogP contribution in [0.3, 0.4) is 0 Å². The number of halogens is 1. The number of benzene rings is 1. The Morgan fingerprint density at radius 1 is 1.50 bits per heavy atom. The van der Waals surface area contributed by atoms with E-state index in [1.165, 1.54) is 12.1 Å². The summed E-state index contributed by atoms with van der Waals surface area (Å²) < 4.78 is 0.376. The lowest BCUT2D eigenvalue weighted by molar-refractivity contribution is 0.0694. The van der Waals surface area contributed by atoms with Gasteiger partial charge in [-0.05, 0) is 34.5 Å². The van der Waals surface area contributed by atoms with E-state index >= 15 is 0 Å². The summed E-state index contributed by atoms with van der Waals surface area (Å²) in [6.45, 7) is -0.174. The molecule has 0 aliphatic rings. The van der Waals surface area contributed by atoms with Crippen LogP contribution >= 0.6 is 15.9 Å². The Labute approximate surface area is 101 Å². The van der Waals surface area contributed by atoms with E-state index in [0.717, 1.165) is 0 Å². The molecule has 0 fully saturated rings. The zero-order chi connectivity index (χ0) is 12.3. The zero-order valence-electron chi connectivity index (χ0n) is 8.35. The predicted molar refractivity (Wildman–Crippen MR) is 61.4 cm³/mol. The van der Waals surface area contributed by atoms with Gasteiger partial charge in [0.2, 0.25) is 0 Å². The van der Waals surface area contributed by atoms with Crippen LogP contribution in [0.15, 0.2) is 16.6 Å². The lowest BCUT2D eigenvalue weighted by atomic mass is 9.98. The fourth-order valence-corrected chi connectivity index (χ4v) is 1.77. The Morgan fingerprint density at radius 2 is 2.12 bits per heavy atom. The number of nitrogens with two attached hydrogens (primary N) is 1. The van der Waals surface area contributed by atoms with Crippen molar-refractivity contribution < 1.29 is 20.1 Å². The van der Waals surface area contributed by atoms with E-state index in [1.807, 2.05) is 0 Å². The number of aliphatic hydroxyl groups excluding tert-OH is 1. The second-order valence-corrected chi connectivity index (χ2v) is 4.14. The molecule has 0 saturated heterocycles. The number of phenolic OH excluding ortho intramolecular Hbond substituents is 1. The van der Waals surface area contributed by atoms with Crippen LogP contribution in [-0.2, 0) is 0 Å². The van der Waals surface area contributed by atoms with E-state index in [4.69, 9.17) is 15.9 Å². The second-order valence-electron chi connectivity index (χ2n) is 3.28. The molecule has 0 heterocycles. The Bertz CT molecular complexity index is 408. The highest BCUT2D eigenvalue weighted by atomic mass is 79.9. The summed E-state index contributed by atoms with van der Waals surface area (Å²) in [6.07, 6.45) is 0.185. The summed E-state index contributed by atoms with van der Waals surface area (Å²) in [7, 11) is 0. The van der Waals surface area contributed by atoms with Crippen LogP contribution in [0.1, 0.15) is 28.4 Å². The second kappa shape index (κ2) is 5.29. The van der Waals surface area contributed by atoms with Crippen molar-refractivity contribution in [2.24, 2.45) is 5.73 Å². The molecule has 0 aromatic heterocycles. The molecule has 16 heavy (non-hydrogen) atoms. The van der Waals surface area contributed by atoms with Crippen LogP contribution in [0.5, 0.6) is 5.75 Å². The quantitative estimate of drug-likeness (QED) is 0.668. The largest absolute Gasteiger partial charge is 0.506 e. The van der Waals surface area contributed by atoms with Gasteiger partial charge >= 0.3 is 5.97 Å². The molecular formula is C10H12BrNO4. The highest BCUT2D eigenvalue weighted by molar-refractivity contribution is 9.10. The average Bonchev–Trinajstić information content (AvgIpc) is 2.21. The first-order valence-corrected chi connectivity index (χ1v) is 5.39. The van der Waals surface area contributed by atoms with E-state index in [-0.39, 0.29) is 29.9 Å². The van der Waals surface area contributed by atoms with Crippen LogP contribution in [0.2, 0.25) is 0 Å². The number of carboxylic acid groups (broad SMARTS) is 1. The van der Waals surface area contributed by atoms with E-state index in [0.29, 0.717) is 4.47 Å². The van der Waals surface area contributed by atoms with Gasteiger partial charge in [0.15, 0.2) is 0 Å². The van der Waals surface area contributed by atoms with Crippen LogP contribution in [0.4, 0.5) is 0 Å². The van der Waals surface area contributed by atoms with Gasteiger partial charge in [0, 0.05) is 18.2 Å². The first-order valence-electron chi connectivity index (χ1n) is 4.60. The molecule has 6 heteroatoms. The summed E-state index contributed by atoms with van der Waals surface area (Å²) in [5, 5.41) is 27.5. The van der Waals surface area contributed by atoms with Crippen molar-refractivity contribution in [2.75, 3.05) is 6.61 Å². The smallest absolute Gasteiger partial charge is 0.336 e. The lowest BCUT2D eigenvalue weighted by Crippen LogP contribution is -2.16. The van der Waals surface area contributed by atoms with Gasteiger partial charge in [0.1, 0.15) is 5.75 Å². The number of hydrogen-bond donors (Lipinski definition) is 4. The third-order valence-electron chi connectivity index (χ3n) is 2.21. The van der Waals surface area contributed by atoms with E-state index < -0.39 is 12.0 Å². The van der Waals surface area contributed by atoms with Crippen LogP contribution < -0.4 is 5.73 Å². The van der Waals surface area contributed by atoms with Crippen LogP contribution in [0, 0.1) is 0 Å². The van der Waals surface area contributed by atoms with Crippen molar-refractivity contribution in [3.8, 4) is 5.75 Å². The maximum absolute atomic E-state index is 10.9. The van der Waals surface area contributed by atoms with Gasteiger partial charge in [-0.1, -0.05) is 0 Å². The fourth-order valence-electron chi connectivity index (χ4n) is 1.43. The Hall–Kier alpha value is -1.11. The molecule has 5 nitrogen and oxygen atoms in total. The lowest BCUT2D eigenvalue weighted by Gasteiger charge is -2.16. The number of hydrogen-bond acceptors (Lipinski definition) is 4. The highest BCUT2D eigenvalue weighted by Gasteiger charge is 2.21. The summed E-state index contributed by atoms with van der Waals surface area (Å²) >= 11 is 3.09. The molecule has 0 aliphatic heterocycles. The summed E-state index contributed by atoms with van der Waals surface area (Å²) in [4.78, 5) is 10.9. The third-order valence-corrected chi connectivity index (χ3v) is 2.85. The van der Waals surface area contributed by atoms with Gasteiger partial charge in [0.25, 0.3) is 0 Å². The number of rotatable bonds is 4. The molecule has 1 aromatic rings. The number of aromatic hydroxyl groups is 1. The molecule has 88 valence electrons. The molecule has 0 spiro atoms. The molecule has 0 bridgehead atoms. The highest BCUT2D eigenvalue weighted by Crippen LogP contribution is 2.34. The molecule has 0 unspecified atom stereocenters. The number of carbonyl (C=O) groups is 1. The van der Waals surface area contributed by atoms with Gasteiger partial charge in [0.05, 0.1) is 10.0 Å². The summed E-state index contributed by atoms with van der Waals surface area (Å²) in [5.41, 5.74) is 5.79. The van der Waals surface area contributed by atoms with Crippen molar-refractivity contribution in [2.45, 2.75) is 12.5 Å². The number of phenols is 1. The average molecular weight is 290 g/mol.